The highest BCUT2D eigenvalue weighted by molar-refractivity contribution is 4.96. The molecule has 0 heterocycles. The molecule has 0 saturated heterocycles. The summed E-state index contributed by atoms with van der Waals surface area (Å²) in [5, 5.41) is 12.6. The molecule has 2 aliphatic rings. The molecule has 1 N–H and O–H groups in total. The zero-order valence-corrected chi connectivity index (χ0v) is 11.7. The second kappa shape index (κ2) is 7.11. The van der Waals surface area contributed by atoms with Crippen molar-refractivity contribution in [3.63, 3.8) is 0 Å². The van der Waals surface area contributed by atoms with Crippen molar-refractivity contribution in [2.24, 2.45) is 0 Å². The molecule has 0 amide bonds. The van der Waals surface area contributed by atoms with E-state index in [-0.39, 0.29) is 6.04 Å². The maximum absolute atomic E-state index is 9.17. The Hall–Kier alpha value is -0.590. The van der Waals surface area contributed by atoms with Gasteiger partial charge in [0.05, 0.1) is 12.1 Å². The summed E-state index contributed by atoms with van der Waals surface area (Å²) in [6, 6.07) is 3.90. The predicted molar refractivity (Wildman–Crippen MR) is 74.3 cm³/mol. The van der Waals surface area contributed by atoms with Crippen LogP contribution in [0.1, 0.15) is 58.3 Å². The molecule has 0 bridgehead atoms. The normalized spacial score (nSPS) is 22.9. The third kappa shape index (κ3) is 4.26. The number of rotatable bonds is 7. The zero-order chi connectivity index (χ0) is 12.8. The Labute approximate surface area is 112 Å². The van der Waals surface area contributed by atoms with Crippen molar-refractivity contribution < 1.29 is 0 Å². The molecule has 2 rings (SSSR count). The molecular weight excluding hydrogens is 222 g/mol. The minimum Gasteiger partial charge on any atom is -0.301 e. The van der Waals surface area contributed by atoms with E-state index in [4.69, 9.17) is 5.26 Å². The van der Waals surface area contributed by atoms with Crippen LogP contribution in [0.15, 0.2) is 0 Å². The minimum absolute atomic E-state index is 0.0649. The summed E-state index contributed by atoms with van der Waals surface area (Å²) in [5.74, 6) is 0. The summed E-state index contributed by atoms with van der Waals surface area (Å²) in [6.45, 7) is 4.47. The molecule has 18 heavy (non-hydrogen) atoms. The second-order valence-electron chi connectivity index (χ2n) is 5.83. The lowest BCUT2D eigenvalue weighted by Gasteiger charge is -2.34. The first kappa shape index (κ1) is 13.8. The van der Waals surface area contributed by atoms with Gasteiger partial charge in [0.2, 0.25) is 0 Å². The van der Waals surface area contributed by atoms with Gasteiger partial charge < -0.3 is 4.90 Å². The van der Waals surface area contributed by atoms with Crippen LogP contribution in [-0.2, 0) is 0 Å². The largest absolute Gasteiger partial charge is 0.301 e. The Kier molecular flexibility index (Phi) is 5.46. The highest BCUT2D eigenvalue weighted by Crippen LogP contribution is 2.23. The van der Waals surface area contributed by atoms with Crippen molar-refractivity contribution in [1.29, 1.82) is 5.26 Å². The maximum atomic E-state index is 9.17. The monoisotopic (exact) mass is 249 g/mol. The molecule has 0 spiro atoms. The van der Waals surface area contributed by atoms with Gasteiger partial charge in [-0.2, -0.15) is 5.26 Å². The van der Waals surface area contributed by atoms with Crippen LogP contribution in [0.2, 0.25) is 0 Å². The summed E-state index contributed by atoms with van der Waals surface area (Å²) < 4.78 is 0. The maximum Gasteiger partial charge on any atom is 0.0967 e. The number of hydrogen-bond acceptors (Lipinski definition) is 3. The van der Waals surface area contributed by atoms with Gasteiger partial charge in [-0.15, -0.1) is 0 Å². The molecule has 3 heteroatoms. The number of nitriles is 1. The fraction of sp³-hybridized carbons (Fsp3) is 0.933. The van der Waals surface area contributed by atoms with E-state index in [0.29, 0.717) is 6.04 Å². The van der Waals surface area contributed by atoms with Crippen LogP contribution in [0.4, 0.5) is 0 Å². The SMILES string of the molecule is CCN(CCC(C#N)NC1CC1)C1CCCCC1. The van der Waals surface area contributed by atoms with E-state index < -0.39 is 0 Å². The topological polar surface area (TPSA) is 39.1 Å². The van der Waals surface area contributed by atoms with Gasteiger partial charge in [-0.3, -0.25) is 5.32 Å². The van der Waals surface area contributed by atoms with Gasteiger partial charge in [0.25, 0.3) is 0 Å². The molecule has 0 radical (unpaired) electrons. The third-order valence-electron chi connectivity index (χ3n) is 4.37. The summed E-state index contributed by atoms with van der Waals surface area (Å²) in [7, 11) is 0. The number of nitrogens with zero attached hydrogens (tertiary/aromatic N) is 2. The Morgan fingerprint density at radius 3 is 2.50 bits per heavy atom. The van der Waals surface area contributed by atoms with Crippen LogP contribution in [0.3, 0.4) is 0 Å². The van der Waals surface area contributed by atoms with Crippen molar-refractivity contribution in [2.45, 2.75) is 76.4 Å². The van der Waals surface area contributed by atoms with Crippen molar-refractivity contribution in [3.8, 4) is 6.07 Å². The minimum atomic E-state index is 0.0649. The Bertz CT molecular complexity index is 274. The van der Waals surface area contributed by atoms with Crippen molar-refractivity contribution in [1.82, 2.24) is 10.2 Å². The fourth-order valence-electron chi connectivity index (χ4n) is 3.06. The Balaban J connectivity index is 1.72. The zero-order valence-electron chi connectivity index (χ0n) is 11.7. The van der Waals surface area contributed by atoms with Crippen LogP contribution in [0.25, 0.3) is 0 Å². The number of nitrogens with one attached hydrogen (secondary N) is 1. The van der Waals surface area contributed by atoms with Gasteiger partial charge in [0.1, 0.15) is 0 Å². The Morgan fingerprint density at radius 2 is 1.94 bits per heavy atom. The van der Waals surface area contributed by atoms with E-state index in [1.165, 1.54) is 44.9 Å². The lowest BCUT2D eigenvalue weighted by Crippen LogP contribution is -2.40. The lowest BCUT2D eigenvalue weighted by molar-refractivity contribution is 0.159. The molecule has 0 aromatic carbocycles. The van der Waals surface area contributed by atoms with Gasteiger partial charge in [0, 0.05) is 18.6 Å². The van der Waals surface area contributed by atoms with Crippen molar-refractivity contribution in [3.05, 3.63) is 0 Å². The average molecular weight is 249 g/mol. The molecule has 3 nitrogen and oxygen atoms in total. The second-order valence-corrected chi connectivity index (χ2v) is 5.83. The van der Waals surface area contributed by atoms with Crippen LogP contribution in [-0.4, -0.2) is 36.1 Å². The summed E-state index contributed by atoms with van der Waals surface area (Å²) in [5.41, 5.74) is 0. The van der Waals surface area contributed by atoms with Crippen LogP contribution in [0.5, 0.6) is 0 Å². The lowest BCUT2D eigenvalue weighted by atomic mass is 9.94. The fourth-order valence-corrected chi connectivity index (χ4v) is 3.06. The van der Waals surface area contributed by atoms with E-state index in [1.807, 2.05) is 0 Å². The highest BCUT2D eigenvalue weighted by Gasteiger charge is 2.25. The first-order valence-electron chi connectivity index (χ1n) is 7.73. The third-order valence-corrected chi connectivity index (χ3v) is 4.37. The first-order chi connectivity index (χ1) is 8.83. The van der Waals surface area contributed by atoms with E-state index in [2.05, 4.69) is 23.2 Å². The van der Waals surface area contributed by atoms with Crippen molar-refractivity contribution in [2.75, 3.05) is 13.1 Å². The molecule has 0 aliphatic heterocycles. The molecule has 0 aromatic rings. The molecule has 2 aliphatic carbocycles. The molecule has 1 unspecified atom stereocenters. The molecular formula is C15H27N3. The standard InChI is InChI=1S/C15H27N3/c1-2-18(15-6-4-3-5-7-15)11-10-14(12-16)17-13-8-9-13/h13-15,17H,2-11H2,1H3. The van der Waals surface area contributed by atoms with E-state index >= 15 is 0 Å². The highest BCUT2D eigenvalue weighted by atomic mass is 15.2. The Morgan fingerprint density at radius 1 is 1.22 bits per heavy atom. The predicted octanol–water partition coefficient (Wildman–Crippen LogP) is 2.68. The molecule has 102 valence electrons. The molecule has 1 atom stereocenters. The smallest absolute Gasteiger partial charge is 0.0967 e. The van der Waals surface area contributed by atoms with Crippen LogP contribution < -0.4 is 5.32 Å². The summed E-state index contributed by atoms with van der Waals surface area (Å²) in [4.78, 5) is 2.60. The molecule has 2 saturated carbocycles. The van der Waals surface area contributed by atoms with E-state index in [9.17, 15) is 0 Å². The summed E-state index contributed by atoms with van der Waals surface area (Å²) >= 11 is 0. The van der Waals surface area contributed by atoms with Crippen LogP contribution in [0, 0.1) is 11.3 Å². The number of hydrogen-bond donors (Lipinski definition) is 1. The molecule has 0 aromatic heterocycles. The van der Waals surface area contributed by atoms with E-state index in [0.717, 1.165) is 25.6 Å². The molecule has 2 fully saturated rings. The van der Waals surface area contributed by atoms with Gasteiger partial charge in [-0.25, -0.2) is 0 Å². The van der Waals surface area contributed by atoms with E-state index in [1.54, 1.807) is 0 Å². The van der Waals surface area contributed by atoms with Crippen LogP contribution >= 0.6 is 0 Å². The average Bonchev–Trinajstić information content (AvgIpc) is 3.23. The van der Waals surface area contributed by atoms with Gasteiger partial charge >= 0.3 is 0 Å². The summed E-state index contributed by atoms with van der Waals surface area (Å²) in [6.07, 6.45) is 10.4. The quantitative estimate of drug-likeness (QED) is 0.754. The van der Waals surface area contributed by atoms with Gasteiger partial charge in [0.15, 0.2) is 0 Å². The van der Waals surface area contributed by atoms with Gasteiger partial charge in [-0.05, 0) is 38.6 Å². The van der Waals surface area contributed by atoms with Crippen molar-refractivity contribution >= 4 is 0 Å². The van der Waals surface area contributed by atoms with Gasteiger partial charge in [-0.1, -0.05) is 26.2 Å². The first-order valence-corrected chi connectivity index (χ1v) is 7.73.